The van der Waals surface area contributed by atoms with Gasteiger partial charge >= 0.3 is 0 Å². The Hall–Kier alpha value is -0.860. The van der Waals surface area contributed by atoms with Crippen molar-refractivity contribution in [3.05, 3.63) is 35.4 Å². The molecule has 0 radical (unpaired) electrons. The Morgan fingerprint density at radius 3 is 0.812 bits per heavy atom. The molecule has 0 aliphatic rings. The molecule has 0 amide bonds. The van der Waals surface area contributed by atoms with E-state index >= 15 is 0 Å². The van der Waals surface area contributed by atoms with Crippen LogP contribution in [0.4, 0.5) is 0 Å². The first-order valence-electron chi connectivity index (χ1n) is 5.50. The molecule has 0 N–H and O–H groups in total. The van der Waals surface area contributed by atoms with Crippen molar-refractivity contribution in [2.45, 2.75) is 13.8 Å². The summed E-state index contributed by atoms with van der Waals surface area (Å²) >= 11 is 0. The molecule has 94 valence electrons. The number of hydrogen-bond donors (Lipinski definition) is 0. The van der Waals surface area contributed by atoms with E-state index in [4.69, 9.17) is 0 Å². The molecule has 2 nitrogen and oxygen atoms in total. The average Bonchev–Trinajstić information content (AvgIpc) is 2.08. The summed E-state index contributed by atoms with van der Waals surface area (Å²) < 4.78 is 0. The molecule has 0 aliphatic carbocycles. The van der Waals surface area contributed by atoms with E-state index < -0.39 is 0 Å². The van der Waals surface area contributed by atoms with Gasteiger partial charge in [-0.1, -0.05) is 35.4 Å². The van der Waals surface area contributed by atoms with E-state index in [1.807, 2.05) is 52.1 Å². The predicted octanol–water partition coefficient (Wildman–Crippen LogP) is 2.66. The highest BCUT2D eigenvalue weighted by atomic mass is 15.0. The third kappa shape index (κ3) is 23.2. The van der Waals surface area contributed by atoms with Gasteiger partial charge in [-0.2, -0.15) is 0 Å². The summed E-state index contributed by atoms with van der Waals surface area (Å²) in [6, 6.07) is 8.48. The molecule has 0 unspecified atom stereocenters. The lowest BCUT2D eigenvalue weighted by molar-refractivity contribution is 0.505. The van der Waals surface area contributed by atoms with Gasteiger partial charge in [0, 0.05) is 0 Å². The van der Waals surface area contributed by atoms with Gasteiger partial charge in [-0.3, -0.25) is 0 Å². The fraction of sp³-hybridized carbons (Fsp3) is 0.571. The van der Waals surface area contributed by atoms with Crippen molar-refractivity contribution in [1.29, 1.82) is 0 Å². The summed E-state index contributed by atoms with van der Waals surface area (Å²) in [5.74, 6) is 0. The normalized spacial score (nSPS) is 9.12. The smallest absolute Gasteiger partial charge is 0.0140 e. The van der Waals surface area contributed by atoms with Crippen LogP contribution in [-0.2, 0) is 0 Å². The van der Waals surface area contributed by atoms with Gasteiger partial charge in [0.05, 0.1) is 0 Å². The largest absolute Gasteiger partial charge is 0.312 e. The summed E-state index contributed by atoms with van der Waals surface area (Å²) in [4.78, 5) is 4.00. The summed E-state index contributed by atoms with van der Waals surface area (Å²) in [7, 11) is 12.0. The van der Waals surface area contributed by atoms with E-state index in [1.165, 1.54) is 11.1 Å². The van der Waals surface area contributed by atoms with Gasteiger partial charge in [0.25, 0.3) is 0 Å². The molecule has 0 fully saturated rings. The van der Waals surface area contributed by atoms with Gasteiger partial charge in [0.1, 0.15) is 0 Å². The van der Waals surface area contributed by atoms with Crippen molar-refractivity contribution >= 4 is 0 Å². The minimum absolute atomic E-state index is 1.33. The van der Waals surface area contributed by atoms with Crippen molar-refractivity contribution in [3.63, 3.8) is 0 Å². The maximum atomic E-state index is 2.12. The van der Waals surface area contributed by atoms with Gasteiger partial charge in [-0.15, -0.1) is 0 Å². The molecule has 0 heterocycles. The minimum Gasteiger partial charge on any atom is -0.312 e. The van der Waals surface area contributed by atoms with E-state index in [1.54, 1.807) is 0 Å². The highest BCUT2D eigenvalue weighted by molar-refractivity contribution is 5.19. The molecule has 0 atom stereocenters. The first-order valence-corrected chi connectivity index (χ1v) is 5.50. The fourth-order valence-electron chi connectivity index (χ4n) is 0.637. The summed E-state index contributed by atoms with van der Waals surface area (Å²) in [6.45, 7) is 4.19. The summed E-state index contributed by atoms with van der Waals surface area (Å²) in [5, 5.41) is 0. The summed E-state index contributed by atoms with van der Waals surface area (Å²) in [5.41, 5.74) is 2.66. The van der Waals surface area contributed by atoms with Crippen LogP contribution in [0.5, 0.6) is 0 Å². The monoisotopic (exact) mass is 224 g/mol. The first kappa shape index (κ1) is 17.5. The Morgan fingerprint density at radius 2 is 0.688 bits per heavy atom. The quantitative estimate of drug-likeness (QED) is 0.668. The molecule has 0 aliphatic heterocycles. The van der Waals surface area contributed by atoms with Crippen LogP contribution in [0.1, 0.15) is 11.1 Å². The zero-order valence-corrected chi connectivity index (χ0v) is 12.2. The number of benzene rings is 1. The van der Waals surface area contributed by atoms with Crippen LogP contribution in [0, 0.1) is 13.8 Å². The minimum atomic E-state index is 1.33. The van der Waals surface area contributed by atoms with E-state index in [9.17, 15) is 0 Å². The van der Waals surface area contributed by atoms with Crippen molar-refractivity contribution < 1.29 is 0 Å². The van der Waals surface area contributed by atoms with E-state index in [2.05, 4.69) is 38.1 Å². The van der Waals surface area contributed by atoms with Gasteiger partial charge in [-0.25, -0.2) is 0 Å². The number of rotatable bonds is 0. The van der Waals surface area contributed by atoms with Crippen molar-refractivity contribution in [2.24, 2.45) is 0 Å². The highest BCUT2D eigenvalue weighted by Crippen LogP contribution is 1.99. The number of hydrogen-bond acceptors (Lipinski definition) is 2. The topological polar surface area (TPSA) is 6.48 Å². The van der Waals surface area contributed by atoms with Crippen LogP contribution in [-0.4, -0.2) is 52.1 Å². The lowest BCUT2D eigenvalue weighted by Gasteiger charge is -1.90. The van der Waals surface area contributed by atoms with Gasteiger partial charge in [0.2, 0.25) is 0 Å². The Morgan fingerprint density at radius 1 is 0.562 bits per heavy atom. The standard InChI is InChI=1S/C8H10.2C3H9N/c1-7-3-5-8(2)6-4-7;2*1-4(2)3/h3-6H,1-2H3;2*1-3H3. The Kier molecular flexibility index (Phi) is 11.7. The molecule has 1 aromatic rings. The maximum Gasteiger partial charge on any atom is -0.0140 e. The number of nitrogens with zero attached hydrogens (tertiary/aromatic N) is 2. The third-order valence-electron chi connectivity index (χ3n) is 1.22. The SMILES string of the molecule is CN(C)C.CN(C)C.Cc1ccc(C)cc1. The van der Waals surface area contributed by atoms with Crippen molar-refractivity contribution in [3.8, 4) is 0 Å². The predicted molar refractivity (Wildman–Crippen MR) is 75.1 cm³/mol. The van der Waals surface area contributed by atoms with E-state index in [0.29, 0.717) is 0 Å². The van der Waals surface area contributed by atoms with E-state index in [-0.39, 0.29) is 0 Å². The number of aryl methyl sites for hydroxylation is 2. The molecule has 1 rings (SSSR count). The van der Waals surface area contributed by atoms with Crippen LogP contribution < -0.4 is 0 Å². The fourth-order valence-corrected chi connectivity index (χ4v) is 0.637. The Labute approximate surface area is 102 Å². The molecule has 0 spiro atoms. The molecule has 0 saturated carbocycles. The van der Waals surface area contributed by atoms with Crippen molar-refractivity contribution in [1.82, 2.24) is 9.80 Å². The average molecular weight is 224 g/mol. The molecular formula is C14H28N2. The molecule has 0 bridgehead atoms. The third-order valence-corrected chi connectivity index (χ3v) is 1.22. The van der Waals surface area contributed by atoms with Crippen LogP contribution in [0.15, 0.2) is 24.3 Å². The zero-order valence-electron chi connectivity index (χ0n) is 12.2. The molecule has 2 heteroatoms. The van der Waals surface area contributed by atoms with Crippen LogP contribution in [0.3, 0.4) is 0 Å². The van der Waals surface area contributed by atoms with E-state index in [0.717, 1.165) is 0 Å². The van der Waals surface area contributed by atoms with Gasteiger partial charge < -0.3 is 9.80 Å². The second kappa shape index (κ2) is 10.7. The second-order valence-electron chi connectivity index (χ2n) is 4.84. The van der Waals surface area contributed by atoms with Crippen LogP contribution >= 0.6 is 0 Å². The van der Waals surface area contributed by atoms with Crippen LogP contribution in [0.25, 0.3) is 0 Å². The maximum absolute atomic E-state index is 2.12. The highest BCUT2D eigenvalue weighted by Gasteiger charge is 1.79. The lowest BCUT2D eigenvalue weighted by atomic mass is 10.2. The van der Waals surface area contributed by atoms with Crippen LogP contribution in [0.2, 0.25) is 0 Å². The first-order chi connectivity index (χ1) is 7.25. The Bertz CT molecular complexity index is 205. The molecule has 0 aromatic heterocycles. The second-order valence-corrected chi connectivity index (χ2v) is 4.84. The molecule has 16 heavy (non-hydrogen) atoms. The lowest BCUT2D eigenvalue weighted by Crippen LogP contribution is -1.99. The Balaban J connectivity index is 0. The molecule has 0 saturated heterocycles. The van der Waals surface area contributed by atoms with Crippen molar-refractivity contribution in [2.75, 3.05) is 42.3 Å². The molecular weight excluding hydrogens is 196 g/mol. The zero-order chi connectivity index (χ0) is 13.1. The van der Waals surface area contributed by atoms with Gasteiger partial charge in [-0.05, 0) is 56.1 Å². The van der Waals surface area contributed by atoms with Gasteiger partial charge in [0.15, 0.2) is 0 Å². The molecule has 1 aromatic carbocycles. The summed E-state index contributed by atoms with van der Waals surface area (Å²) in [6.07, 6.45) is 0.